The van der Waals surface area contributed by atoms with Gasteiger partial charge in [0.15, 0.2) is 0 Å². The highest BCUT2D eigenvalue weighted by Crippen LogP contribution is 2.22. The van der Waals surface area contributed by atoms with Crippen LogP contribution < -0.4 is 5.56 Å². The van der Waals surface area contributed by atoms with Crippen LogP contribution in [0.3, 0.4) is 0 Å². The van der Waals surface area contributed by atoms with E-state index in [1.165, 1.54) is 5.56 Å². The van der Waals surface area contributed by atoms with Crippen LogP contribution in [0.25, 0.3) is 28.2 Å². The van der Waals surface area contributed by atoms with Crippen LogP contribution in [0, 0.1) is 20.8 Å². The van der Waals surface area contributed by atoms with Crippen molar-refractivity contribution in [3.05, 3.63) is 93.9 Å². The minimum Gasteiger partial charge on any atom is -0.337 e. The van der Waals surface area contributed by atoms with Crippen molar-refractivity contribution in [2.75, 3.05) is 0 Å². The second-order valence-corrected chi connectivity index (χ2v) is 7.72. The first kappa shape index (κ1) is 19.0. The Morgan fingerprint density at radius 1 is 0.935 bits per heavy atom. The fourth-order valence-corrected chi connectivity index (χ4v) is 3.61. The molecule has 0 amide bonds. The molecule has 154 valence electrons. The minimum absolute atomic E-state index is 0.166. The molecule has 0 aliphatic rings. The summed E-state index contributed by atoms with van der Waals surface area (Å²) in [5.41, 5.74) is 6.47. The third-order valence-electron chi connectivity index (χ3n) is 5.56. The van der Waals surface area contributed by atoms with Crippen LogP contribution in [-0.2, 0) is 6.54 Å². The van der Waals surface area contributed by atoms with Crippen molar-refractivity contribution in [3.8, 4) is 22.6 Å². The predicted octanol–water partition coefficient (Wildman–Crippen LogP) is 4.19. The van der Waals surface area contributed by atoms with Gasteiger partial charge in [-0.25, -0.2) is 4.52 Å². The number of hydrogen-bond acceptors (Lipinski definition) is 5. The molecule has 0 radical (unpaired) electrons. The molecule has 5 aromatic rings. The topological polar surface area (TPSA) is 78.2 Å². The molecule has 0 atom stereocenters. The van der Waals surface area contributed by atoms with Crippen molar-refractivity contribution >= 4 is 5.52 Å². The molecule has 0 N–H and O–H groups in total. The molecule has 2 aromatic carbocycles. The van der Waals surface area contributed by atoms with Gasteiger partial charge in [0, 0.05) is 23.5 Å². The van der Waals surface area contributed by atoms with Crippen LogP contribution >= 0.6 is 0 Å². The van der Waals surface area contributed by atoms with E-state index in [-0.39, 0.29) is 12.1 Å². The lowest BCUT2D eigenvalue weighted by Gasteiger charge is -2.02. The first-order valence-electron chi connectivity index (χ1n) is 10.0. The molecule has 0 bridgehead atoms. The Kier molecular flexibility index (Phi) is 4.51. The normalized spacial score (nSPS) is 11.3. The van der Waals surface area contributed by atoms with Gasteiger partial charge in [0.05, 0.1) is 5.69 Å². The summed E-state index contributed by atoms with van der Waals surface area (Å²) in [4.78, 5) is 17.5. The van der Waals surface area contributed by atoms with Gasteiger partial charge in [0.25, 0.3) is 5.56 Å². The van der Waals surface area contributed by atoms with Gasteiger partial charge >= 0.3 is 0 Å². The zero-order valence-corrected chi connectivity index (χ0v) is 17.5. The average molecular weight is 411 g/mol. The minimum atomic E-state index is -0.166. The highest BCUT2D eigenvalue weighted by Gasteiger charge is 2.14. The molecule has 7 nitrogen and oxygen atoms in total. The van der Waals surface area contributed by atoms with Gasteiger partial charge in [-0.2, -0.15) is 10.1 Å². The fraction of sp³-hybridized carbons (Fsp3) is 0.167. The largest absolute Gasteiger partial charge is 0.337 e. The van der Waals surface area contributed by atoms with Crippen molar-refractivity contribution in [2.45, 2.75) is 27.3 Å². The molecule has 0 spiro atoms. The van der Waals surface area contributed by atoms with Gasteiger partial charge < -0.3 is 9.09 Å². The van der Waals surface area contributed by atoms with Crippen LogP contribution in [0.15, 0.2) is 70.2 Å². The van der Waals surface area contributed by atoms with Crippen LogP contribution in [0.2, 0.25) is 0 Å². The van der Waals surface area contributed by atoms with Gasteiger partial charge in [-0.1, -0.05) is 41.6 Å². The molecule has 0 fully saturated rings. The molecule has 31 heavy (non-hydrogen) atoms. The summed E-state index contributed by atoms with van der Waals surface area (Å²) in [7, 11) is 0. The molecule has 5 rings (SSSR count). The van der Waals surface area contributed by atoms with E-state index in [4.69, 9.17) is 4.52 Å². The van der Waals surface area contributed by atoms with Crippen LogP contribution in [0.4, 0.5) is 0 Å². The second-order valence-electron chi connectivity index (χ2n) is 7.72. The Balaban J connectivity index is 1.47. The summed E-state index contributed by atoms with van der Waals surface area (Å²) < 4.78 is 8.57. The van der Waals surface area contributed by atoms with E-state index < -0.39 is 0 Å². The molecule has 3 aromatic heterocycles. The number of nitrogens with zero attached hydrogens (tertiary/aromatic N) is 5. The molecule has 0 unspecified atom stereocenters. The van der Waals surface area contributed by atoms with Gasteiger partial charge in [-0.3, -0.25) is 4.79 Å². The van der Waals surface area contributed by atoms with Crippen molar-refractivity contribution in [2.24, 2.45) is 0 Å². The summed E-state index contributed by atoms with van der Waals surface area (Å²) >= 11 is 0. The SMILES string of the molecule is Cc1ccc(-c2noc(Cn3ccn4nc(-c5ccccc5C)cc4c3=O)n2)cc1C. The number of rotatable bonds is 4. The third-order valence-corrected chi connectivity index (χ3v) is 5.56. The number of hydrogen-bond donors (Lipinski definition) is 0. The second kappa shape index (κ2) is 7.36. The fourth-order valence-electron chi connectivity index (χ4n) is 3.61. The zero-order valence-electron chi connectivity index (χ0n) is 17.5. The van der Waals surface area contributed by atoms with Gasteiger partial charge in [-0.05, 0) is 49.6 Å². The lowest BCUT2D eigenvalue weighted by atomic mass is 10.1. The number of benzene rings is 2. The maximum absolute atomic E-state index is 13.0. The van der Waals surface area contributed by atoms with E-state index >= 15 is 0 Å². The van der Waals surface area contributed by atoms with E-state index in [1.54, 1.807) is 21.5 Å². The maximum atomic E-state index is 13.0. The van der Waals surface area contributed by atoms with E-state index in [1.807, 2.05) is 62.4 Å². The van der Waals surface area contributed by atoms with Crippen LogP contribution in [0.5, 0.6) is 0 Å². The quantitative estimate of drug-likeness (QED) is 0.443. The van der Waals surface area contributed by atoms with E-state index in [0.29, 0.717) is 17.2 Å². The maximum Gasteiger partial charge on any atom is 0.277 e. The molecule has 0 aliphatic carbocycles. The molecule has 3 heterocycles. The van der Waals surface area contributed by atoms with Crippen molar-refractivity contribution in [1.29, 1.82) is 0 Å². The Bertz CT molecular complexity index is 1480. The Labute approximate surface area is 178 Å². The van der Waals surface area contributed by atoms with E-state index in [0.717, 1.165) is 27.9 Å². The van der Waals surface area contributed by atoms with Crippen LogP contribution in [0.1, 0.15) is 22.6 Å². The Morgan fingerprint density at radius 3 is 2.58 bits per heavy atom. The predicted molar refractivity (Wildman–Crippen MR) is 118 cm³/mol. The average Bonchev–Trinajstić information content (AvgIpc) is 3.40. The molecule has 0 saturated heterocycles. The van der Waals surface area contributed by atoms with E-state index in [9.17, 15) is 4.79 Å². The summed E-state index contributed by atoms with van der Waals surface area (Å²) in [6, 6.07) is 15.8. The van der Waals surface area contributed by atoms with Gasteiger partial charge in [0.2, 0.25) is 11.7 Å². The summed E-state index contributed by atoms with van der Waals surface area (Å²) in [5, 5.41) is 8.64. The van der Waals surface area contributed by atoms with E-state index in [2.05, 4.69) is 22.2 Å². The highest BCUT2D eigenvalue weighted by molar-refractivity contribution is 5.68. The summed E-state index contributed by atoms with van der Waals surface area (Å²) in [6.07, 6.45) is 3.45. The molecule has 0 aliphatic heterocycles. The van der Waals surface area contributed by atoms with Crippen molar-refractivity contribution < 1.29 is 4.52 Å². The Morgan fingerprint density at radius 2 is 1.77 bits per heavy atom. The monoisotopic (exact) mass is 411 g/mol. The van der Waals surface area contributed by atoms with Crippen molar-refractivity contribution in [1.82, 2.24) is 24.3 Å². The first-order valence-corrected chi connectivity index (χ1v) is 10.0. The first-order chi connectivity index (χ1) is 15.0. The molecule has 7 heteroatoms. The highest BCUT2D eigenvalue weighted by atomic mass is 16.5. The smallest absolute Gasteiger partial charge is 0.277 e. The van der Waals surface area contributed by atoms with Gasteiger partial charge in [-0.15, -0.1) is 0 Å². The third kappa shape index (κ3) is 3.44. The number of fused-ring (bicyclic) bond motifs is 1. The Hall–Kier alpha value is -4.00. The van der Waals surface area contributed by atoms with Crippen molar-refractivity contribution in [3.63, 3.8) is 0 Å². The lowest BCUT2D eigenvalue weighted by molar-refractivity contribution is 0.370. The summed E-state index contributed by atoms with van der Waals surface area (Å²) in [6.45, 7) is 6.33. The number of aryl methyl sites for hydroxylation is 3. The standard InChI is InChI=1S/C24H21N5O2/c1-15-8-9-18(12-17(15)3)23-25-22(31-27-23)14-28-10-11-29-21(24(28)30)13-20(26-29)19-7-5-4-6-16(19)2/h4-13H,14H2,1-3H3. The van der Waals surface area contributed by atoms with Crippen LogP contribution in [-0.4, -0.2) is 24.3 Å². The number of aromatic nitrogens is 5. The molecular weight excluding hydrogens is 390 g/mol. The molecule has 0 saturated carbocycles. The molecular formula is C24H21N5O2. The van der Waals surface area contributed by atoms with Gasteiger partial charge in [0.1, 0.15) is 12.1 Å². The lowest BCUT2D eigenvalue weighted by Crippen LogP contribution is -2.21. The zero-order chi connectivity index (χ0) is 21.5. The summed E-state index contributed by atoms with van der Waals surface area (Å²) in [5.74, 6) is 0.886.